The first-order chi connectivity index (χ1) is 8.32. The summed E-state index contributed by atoms with van der Waals surface area (Å²) >= 11 is 0. The molecule has 0 aliphatic carbocycles. The summed E-state index contributed by atoms with van der Waals surface area (Å²) in [6, 6.07) is 3.35. The minimum Gasteiger partial charge on any atom is -0.393 e. The number of halogens is 2. The van der Waals surface area contributed by atoms with Gasteiger partial charge in [-0.2, -0.15) is 0 Å². The van der Waals surface area contributed by atoms with Gasteiger partial charge in [-0.3, -0.25) is 14.9 Å². The smallest absolute Gasteiger partial charge is 0.292 e. The van der Waals surface area contributed by atoms with Gasteiger partial charge in [-0.25, -0.2) is 8.78 Å². The van der Waals surface area contributed by atoms with Crippen molar-refractivity contribution in [3.05, 3.63) is 33.9 Å². The van der Waals surface area contributed by atoms with Gasteiger partial charge in [-0.1, -0.05) is 0 Å². The molecule has 0 aliphatic heterocycles. The lowest BCUT2D eigenvalue weighted by atomic mass is 10.1. The number of nitro groups is 1. The second-order valence-corrected chi connectivity index (χ2v) is 3.61. The van der Waals surface area contributed by atoms with Crippen LogP contribution in [0.4, 0.5) is 20.2 Å². The van der Waals surface area contributed by atoms with E-state index in [1.165, 1.54) is 13.1 Å². The van der Waals surface area contributed by atoms with E-state index >= 15 is 0 Å². The van der Waals surface area contributed by atoms with E-state index < -0.39 is 23.8 Å². The quantitative estimate of drug-likeness (QED) is 0.504. The third-order valence-electron chi connectivity index (χ3n) is 2.23. The zero-order chi connectivity index (χ0) is 13.9. The third kappa shape index (κ3) is 3.12. The predicted molar refractivity (Wildman–Crippen MR) is 60.5 cm³/mol. The normalized spacial score (nSPS) is 10.4. The second kappa shape index (κ2) is 5.39. The van der Waals surface area contributed by atoms with Crippen LogP contribution in [-0.4, -0.2) is 35.7 Å². The first-order valence-corrected chi connectivity index (χ1v) is 4.90. The van der Waals surface area contributed by atoms with Crippen LogP contribution in [0.5, 0.6) is 0 Å². The molecule has 0 aromatic heterocycles. The van der Waals surface area contributed by atoms with Crippen LogP contribution in [0.1, 0.15) is 10.4 Å². The van der Waals surface area contributed by atoms with E-state index in [9.17, 15) is 23.7 Å². The molecule has 1 aromatic rings. The molecule has 0 spiro atoms. The Labute approximate surface area is 101 Å². The fourth-order valence-electron chi connectivity index (χ4n) is 1.36. The summed E-state index contributed by atoms with van der Waals surface area (Å²) in [5.41, 5.74) is 4.92. The van der Waals surface area contributed by atoms with Gasteiger partial charge in [0.2, 0.25) is 0 Å². The molecule has 98 valence electrons. The highest BCUT2D eigenvalue weighted by atomic mass is 19.3. The number of hydrogen-bond donors (Lipinski definition) is 1. The molecule has 6 nitrogen and oxygen atoms in total. The summed E-state index contributed by atoms with van der Waals surface area (Å²) in [7, 11) is 1.21. The molecule has 0 saturated carbocycles. The molecule has 0 heterocycles. The highest BCUT2D eigenvalue weighted by Crippen LogP contribution is 2.22. The lowest BCUT2D eigenvalue weighted by Gasteiger charge is -2.16. The minimum atomic E-state index is -2.64. The number of anilines is 1. The number of nitro benzene ring substituents is 1. The Kier molecular flexibility index (Phi) is 4.13. The summed E-state index contributed by atoms with van der Waals surface area (Å²) in [5, 5.41) is 10.5. The van der Waals surface area contributed by atoms with Crippen LogP contribution in [0.25, 0.3) is 0 Å². The molecule has 1 aromatic carbocycles. The molecule has 1 amide bonds. The molecule has 0 bridgehead atoms. The average molecular weight is 259 g/mol. The van der Waals surface area contributed by atoms with E-state index in [1.807, 2.05) is 0 Å². The first kappa shape index (κ1) is 13.8. The van der Waals surface area contributed by atoms with Crippen molar-refractivity contribution >= 4 is 17.3 Å². The van der Waals surface area contributed by atoms with Crippen molar-refractivity contribution in [2.45, 2.75) is 6.43 Å². The van der Waals surface area contributed by atoms with E-state index in [2.05, 4.69) is 0 Å². The minimum absolute atomic E-state index is 0.0289. The third-order valence-corrected chi connectivity index (χ3v) is 2.23. The number of hydrogen-bond acceptors (Lipinski definition) is 4. The summed E-state index contributed by atoms with van der Waals surface area (Å²) in [6.07, 6.45) is -2.64. The first-order valence-electron chi connectivity index (χ1n) is 4.90. The van der Waals surface area contributed by atoms with E-state index in [4.69, 9.17) is 5.73 Å². The number of rotatable bonds is 4. The van der Waals surface area contributed by atoms with E-state index in [0.29, 0.717) is 0 Å². The average Bonchev–Trinajstić information content (AvgIpc) is 2.26. The van der Waals surface area contributed by atoms with Gasteiger partial charge in [0.05, 0.1) is 11.5 Å². The number of nitrogens with two attached hydrogens (primary N) is 1. The van der Waals surface area contributed by atoms with Crippen LogP contribution in [0.3, 0.4) is 0 Å². The zero-order valence-corrected chi connectivity index (χ0v) is 9.47. The number of nitrogen functional groups attached to an aromatic ring is 1. The molecule has 0 unspecified atom stereocenters. The maximum Gasteiger partial charge on any atom is 0.292 e. The fraction of sp³-hybridized carbons (Fsp3) is 0.300. The van der Waals surface area contributed by atoms with Gasteiger partial charge >= 0.3 is 0 Å². The topological polar surface area (TPSA) is 89.5 Å². The second-order valence-electron chi connectivity index (χ2n) is 3.61. The van der Waals surface area contributed by atoms with Gasteiger partial charge in [0.1, 0.15) is 5.69 Å². The summed E-state index contributed by atoms with van der Waals surface area (Å²) < 4.78 is 24.2. The number of amides is 1. The summed E-state index contributed by atoms with van der Waals surface area (Å²) in [6.45, 7) is -0.713. The molecule has 8 heteroatoms. The molecule has 0 saturated heterocycles. The van der Waals surface area contributed by atoms with Gasteiger partial charge in [0, 0.05) is 18.7 Å². The highest BCUT2D eigenvalue weighted by molar-refractivity contribution is 5.95. The summed E-state index contributed by atoms with van der Waals surface area (Å²) in [4.78, 5) is 22.3. The van der Waals surface area contributed by atoms with Gasteiger partial charge in [0.25, 0.3) is 18.0 Å². The maximum atomic E-state index is 12.1. The van der Waals surface area contributed by atoms with E-state index in [0.717, 1.165) is 17.0 Å². The standard InChI is InChI=1S/C10H11F2N3O3/c1-14(5-9(11)12)10(16)6-2-3-8(15(17)18)7(13)4-6/h2-4,9H,5,13H2,1H3. The Morgan fingerprint density at radius 1 is 1.56 bits per heavy atom. The SMILES string of the molecule is CN(CC(F)F)C(=O)c1ccc([N+](=O)[O-])c(N)c1. The predicted octanol–water partition coefficient (Wildman–Crippen LogP) is 1.51. The number of carbonyl (C=O) groups excluding carboxylic acids is 1. The van der Waals surface area contributed by atoms with Crippen molar-refractivity contribution in [3.8, 4) is 0 Å². The van der Waals surface area contributed by atoms with Crippen LogP contribution < -0.4 is 5.73 Å². The highest BCUT2D eigenvalue weighted by Gasteiger charge is 2.19. The molecular formula is C10H11F2N3O3. The van der Waals surface area contributed by atoms with Gasteiger partial charge in [-0.05, 0) is 12.1 Å². The van der Waals surface area contributed by atoms with Crippen molar-refractivity contribution in [1.82, 2.24) is 4.90 Å². The monoisotopic (exact) mass is 259 g/mol. The Morgan fingerprint density at radius 3 is 2.61 bits per heavy atom. The van der Waals surface area contributed by atoms with Crippen LogP contribution in [0, 0.1) is 10.1 Å². The summed E-state index contributed by atoms with van der Waals surface area (Å²) in [5.74, 6) is -0.670. The van der Waals surface area contributed by atoms with Crippen molar-refractivity contribution in [3.63, 3.8) is 0 Å². The number of carbonyl (C=O) groups is 1. The maximum absolute atomic E-state index is 12.1. The largest absolute Gasteiger partial charge is 0.393 e. The Hall–Kier alpha value is -2.25. The van der Waals surface area contributed by atoms with Crippen LogP contribution in [0.15, 0.2) is 18.2 Å². The van der Waals surface area contributed by atoms with Crippen molar-refractivity contribution in [2.24, 2.45) is 0 Å². The van der Waals surface area contributed by atoms with Crippen molar-refractivity contribution < 1.29 is 18.5 Å². The molecule has 0 fully saturated rings. The molecule has 1 rings (SSSR count). The Morgan fingerprint density at radius 2 is 2.17 bits per heavy atom. The molecule has 18 heavy (non-hydrogen) atoms. The lowest BCUT2D eigenvalue weighted by Crippen LogP contribution is -2.31. The number of nitrogens with zero attached hydrogens (tertiary/aromatic N) is 2. The Bertz CT molecular complexity index is 479. The van der Waals surface area contributed by atoms with Gasteiger partial charge in [0.15, 0.2) is 0 Å². The molecule has 2 N–H and O–H groups in total. The number of alkyl halides is 2. The fourth-order valence-corrected chi connectivity index (χ4v) is 1.36. The zero-order valence-electron chi connectivity index (χ0n) is 9.47. The van der Waals surface area contributed by atoms with E-state index in [1.54, 1.807) is 0 Å². The van der Waals surface area contributed by atoms with Crippen molar-refractivity contribution in [1.29, 1.82) is 0 Å². The van der Waals surface area contributed by atoms with Gasteiger partial charge < -0.3 is 10.6 Å². The van der Waals surface area contributed by atoms with Crippen LogP contribution >= 0.6 is 0 Å². The lowest BCUT2D eigenvalue weighted by molar-refractivity contribution is -0.383. The van der Waals surface area contributed by atoms with Crippen LogP contribution in [0.2, 0.25) is 0 Å². The molecular weight excluding hydrogens is 248 g/mol. The van der Waals surface area contributed by atoms with E-state index in [-0.39, 0.29) is 16.9 Å². The molecule has 0 radical (unpaired) electrons. The van der Waals surface area contributed by atoms with Crippen molar-refractivity contribution in [2.75, 3.05) is 19.3 Å². The molecule has 0 atom stereocenters. The van der Waals surface area contributed by atoms with Crippen LogP contribution in [-0.2, 0) is 0 Å². The van der Waals surface area contributed by atoms with Gasteiger partial charge in [-0.15, -0.1) is 0 Å². The number of benzene rings is 1. The Balaban J connectivity index is 2.94. The molecule has 0 aliphatic rings.